The molecule has 2 aromatic heterocycles. The second kappa shape index (κ2) is 8.33. The molecule has 3 heterocycles. The van der Waals surface area contributed by atoms with Crippen molar-refractivity contribution in [3.8, 4) is 10.7 Å². The molecule has 3 aromatic rings. The third-order valence-electron chi connectivity index (χ3n) is 7.29. The molecular weight excluding hydrogens is 508 g/mol. The molecule has 0 amide bonds. The van der Waals surface area contributed by atoms with Crippen molar-refractivity contribution in [2.75, 3.05) is 18.0 Å². The second-order valence-corrected chi connectivity index (χ2v) is 13.1. The SMILES string of the molecule is Cc1nc(-c2nnc(C(F)F)s2)c2cc(S(=O)(=O)NC34CC(C3)C4)cc(N3C[C@H](C)N[C@@H](C)C3)c2n1. The van der Waals surface area contributed by atoms with Crippen LogP contribution >= 0.6 is 11.3 Å². The zero-order valence-corrected chi connectivity index (χ0v) is 21.8. The average Bonchev–Trinajstić information content (AvgIpc) is 3.24. The highest BCUT2D eigenvalue weighted by Crippen LogP contribution is 2.57. The average molecular weight is 536 g/mol. The second-order valence-electron chi connectivity index (χ2n) is 10.4. The van der Waals surface area contributed by atoms with Crippen LogP contribution in [-0.4, -0.2) is 59.3 Å². The standard InChI is InChI=1S/C23H27F2N7O2S2/c1-11-9-32(10-12(2)26-11)17-5-15(36(33,34)31-23-6-14(7-23)8-23)4-16-18(17)27-13(3)28-19(16)21-29-30-22(35-21)20(24)25/h4-5,11-12,14,20,26,31H,6-10H2,1-3H3/t11-,12-,14?,23?/m0/s1. The van der Waals surface area contributed by atoms with Gasteiger partial charge < -0.3 is 10.2 Å². The third kappa shape index (κ3) is 4.05. The number of rotatable bonds is 6. The molecule has 13 heteroatoms. The molecular formula is C23H27F2N7O2S2. The normalized spacial score (nSPS) is 27.8. The zero-order chi connectivity index (χ0) is 25.4. The molecule has 7 rings (SSSR count). The lowest BCUT2D eigenvalue weighted by Gasteiger charge is -2.61. The Balaban J connectivity index is 1.54. The summed E-state index contributed by atoms with van der Waals surface area (Å²) in [6.07, 6.45) is -0.144. The van der Waals surface area contributed by atoms with E-state index in [0.717, 1.165) is 30.6 Å². The van der Waals surface area contributed by atoms with Crippen LogP contribution in [0.5, 0.6) is 0 Å². The zero-order valence-electron chi connectivity index (χ0n) is 20.1. The predicted octanol–water partition coefficient (Wildman–Crippen LogP) is 3.41. The number of piperazine rings is 1. The lowest BCUT2D eigenvalue weighted by Crippen LogP contribution is -2.67. The van der Waals surface area contributed by atoms with Gasteiger partial charge in [-0.2, -0.15) is 0 Å². The van der Waals surface area contributed by atoms with Gasteiger partial charge in [0, 0.05) is 36.1 Å². The minimum atomic E-state index is -3.84. The Morgan fingerprint density at radius 1 is 1.14 bits per heavy atom. The molecule has 4 aliphatic rings. The Labute approximate surface area is 211 Å². The molecule has 2 atom stereocenters. The number of fused-ring (bicyclic) bond motifs is 1. The number of benzene rings is 1. The Morgan fingerprint density at radius 3 is 2.42 bits per heavy atom. The van der Waals surface area contributed by atoms with Gasteiger partial charge >= 0.3 is 0 Å². The number of aromatic nitrogens is 4. The molecule has 3 aliphatic carbocycles. The molecule has 1 aliphatic heterocycles. The van der Waals surface area contributed by atoms with Crippen molar-refractivity contribution in [3.63, 3.8) is 0 Å². The predicted molar refractivity (Wildman–Crippen MR) is 133 cm³/mol. The van der Waals surface area contributed by atoms with E-state index in [4.69, 9.17) is 0 Å². The summed E-state index contributed by atoms with van der Waals surface area (Å²) in [5.74, 6) is 1.06. The van der Waals surface area contributed by atoms with E-state index >= 15 is 0 Å². The van der Waals surface area contributed by atoms with Crippen LogP contribution in [0.1, 0.15) is 50.4 Å². The summed E-state index contributed by atoms with van der Waals surface area (Å²) in [4.78, 5) is 11.4. The third-order valence-corrected chi connectivity index (χ3v) is 9.79. The number of aryl methyl sites for hydroxylation is 1. The van der Waals surface area contributed by atoms with Gasteiger partial charge in [0.15, 0.2) is 10.0 Å². The lowest BCUT2D eigenvalue weighted by atomic mass is 9.50. The number of hydrogen-bond donors (Lipinski definition) is 2. The van der Waals surface area contributed by atoms with Crippen LogP contribution in [0.4, 0.5) is 14.5 Å². The fourth-order valence-corrected chi connectivity index (χ4v) is 7.93. The molecule has 4 fully saturated rings. The Hall–Kier alpha value is -2.35. The summed E-state index contributed by atoms with van der Waals surface area (Å²) < 4.78 is 56.6. The number of hydrogen-bond acceptors (Lipinski definition) is 9. The fraction of sp³-hybridized carbons (Fsp3) is 0.565. The summed E-state index contributed by atoms with van der Waals surface area (Å²) in [6.45, 7) is 7.20. The van der Waals surface area contributed by atoms with E-state index in [0.29, 0.717) is 47.1 Å². The topological polar surface area (TPSA) is 113 Å². The van der Waals surface area contributed by atoms with E-state index in [2.05, 4.69) is 49.0 Å². The molecule has 1 saturated heterocycles. The van der Waals surface area contributed by atoms with E-state index in [1.54, 1.807) is 19.1 Å². The van der Waals surface area contributed by atoms with Gasteiger partial charge in [-0.1, -0.05) is 11.3 Å². The van der Waals surface area contributed by atoms with E-state index in [1.165, 1.54) is 0 Å². The van der Waals surface area contributed by atoms with Gasteiger partial charge in [-0.25, -0.2) is 31.9 Å². The molecule has 0 unspecified atom stereocenters. The van der Waals surface area contributed by atoms with Gasteiger partial charge in [0.05, 0.1) is 16.1 Å². The maximum absolute atomic E-state index is 13.6. The number of halogens is 2. The van der Waals surface area contributed by atoms with E-state index in [1.807, 2.05) is 0 Å². The molecule has 1 aromatic carbocycles. The van der Waals surface area contributed by atoms with Crippen LogP contribution in [0, 0.1) is 12.8 Å². The van der Waals surface area contributed by atoms with Crippen LogP contribution in [0.15, 0.2) is 17.0 Å². The molecule has 2 bridgehead atoms. The van der Waals surface area contributed by atoms with Crippen LogP contribution < -0.4 is 14.9 Å². The smallest absolute Gasteiger partial charge is 0.291 e. The number of sulfonamides is 1. The summed E-state index contributed by atoms with van der Waals surface area (Å²) in [5, 5.41) is 11.3. The van der Waals surface area contributed by atoms with Crippen molar-refractivity contribution in [2.45, 2.75) is 69.0 Å². The van der Waals surface area contributed by atoms with Crippen molar-refractivity contribution in [2.24, 2.45) is 5.92 Å². The first-order valence-electron chi connectivity index (χ1n) is 12.0. The minimum absolute atomic E-state index is 0.112. The van der Waals surface area contributed by atoms with Gasteiger partial charge in [-0.05, 0) is 58.1 Å². The monoisotopic (exact) mass is 535 g/mol. The van der Waals surface area contributed by atoms with Crippen molar-refractivity contribution in [1.82, 2.24) is 30.2 Å². The van der Waals surface area contributed by atoms with Gasteiger partial charge in [0.2, 0.25) is 10.0 Å². The first-order valence-corrected chi connectivity index (χ1v) is 14.3. The highest BCUT2D eigenvalue weighted by Gasteiger charge is 2.58. The summed E-state index contributed by atoms with van der Waals surface area (Å²) in [7, 11) is -3.84. The largest absolute Gasteiger partial charge is 0.367 e. The highest BCUT2D eigenvalue weighted by molar-refractivity contribution is 7.89. The van der Waals surface area contributed by atoms with Crippen LogP contribution in [0.3, 0.4) is 0 Å². The maximum Gasteiger partial charge on any atom is 0.291 e. The maximum atomic E-state index is 13.6. The Morgan fingerprint density at radius 2 is 1.83 bits per heavy atom. The van der Waals surface area contributed by atoms with Crippen molar-refractivity contribution >= 4 is 38.0 Å². The summed E-state index contributed by atoms with van der Waals surface area (Å²) >= 11 is 0.751. The number of nitrogens with zero attached hydrogens (tertiary/aromatic N) is 5. The quantitative estimate of drug-likeness (QED) is 0.494. The molecule has 3 saturated carbocycles. The van der Waals surface area contributed by atoms with Crippen molar-refractivity contribution < 1.29 is 17.2 Å². The Bertz CT molecular complexity index is 1440. The van der Waals surface area contributed by atoms with Crippen LogP contribution in [-0.2, 0) is 10.0 Å². The molecule has 36 heavy (non-hydrogen) atoms. The molecule has 192 valence electrons. The van der Waals surface area contributed by atoms with Gasteiger partial charge in [-0.15, -0.1) is 10.2 Å². The van der Waals surface area contributed by atoms with Crippen molar-refractivity contribution in [1.29, 1.82) is 0 Å². The number of anilines is 1. The highest BCUT2D eigenvalue weighted by atomic mass is 32.2. The number of nitrogens with one attached hydrogen (secondary N) is 2. The van der Waals surface area contributed by atoms with Crippen LogP contribution in [0.2, 0.25) is 0 Å². The van der Waals surface area contributed by atoms with E-state index in [-0.39, 0.29) is 27.5 Å². The summed E-state index contributed by atoms with van der Waals surface area (Å²) in [5.41, 5.74) is 1.21. The lowest BCUT2D eigenvalue weighted by molar-refractivity contribution is -0.0317. The van der Waals surface area contributed by atoms with Gasteiger partial charge in [-0.3, -0.25) is 0 Å². The fourth-order valence-electron chi connectivity index (χ4n) is 5.75. The molecule has 0 spiro atoms. The number of alkyl halides is 2. The van der Waals surface area contributed by atoms with E-state index < -0.39 is 21.5 Å². The molecule has 2 N–H and O–H groups in total. The molecule has 9 nitrogen and oxygen atoms in total. The minimum Gasteiger partial charge on any atom is -0.367 e. The first-order chi connectivity index (χ1) is 17.0. The first kappa shape index (κ1) is 24.0. The Kier molecular flexibility index (Phi) is 5.56. The molecule has 0 radical (unpaired) electrons. The van der Waals surface area contributed by atoms with Gasteiger partial charge in [0.25, 0.3) is 6.43 Å². The van der Waals surface area contributed by atoms with Crippen LogP contribution in [0.25, 0.3) is 21.6 Å². The van der Waals surface area contributed by atoms with Crippen molar-refractivity contribution in [3.05, 3.63) is 23.0 Å². The van der Waals surface area contributed by atoms with E-state index in [9.17, 15) is 17.2 Å². The summed E-state index contributed by atoms with van der Waals surface area (Å²) in [6, 6.07) is 3.59. The van der Waals surface area contributed by atoms with Gasteiger partial charge in [0.1, 0.15) is 11.5 Å².